The van der Waals surface area contributed by atoms with Crippen molar-refractivity contribution >= 4 is 12.0 Å². The Hall–Kier alpha value is -2.27. The summed E-state index contributed by atoms with van der Waals surface area (Å²) in [7, 11) is 0. The second-order valence-corrected chi connectivity index (χ2v) is 5.70. The van der Waals surface area contributed by atoms with Crippen LogP contribution in [-0.2, 0) is 14.3 Å². The molecule has 0 aromatic carbocycles. The molecule has 0 saturated carbocycles. The van der Waals surface area contributed by atoms with Crippen LogP contribution in [0.1, 0.15) is 19.8 Å². The van der Waals surface area contributed by atoms with E-state index < -0.39 is 0 Å². The first-order valence-electron chi connectivity index (χ1n) is 8.30. The van der Waals surface area contributed by atoms with Gasteiger partial charge in [-0.1, -0.05) is 0 Å². The van der Waals surface area contributed by atoms with Gasteiger partial charge in [0.05, 0.1) is 19.8 Å². The van der Waals surface area contributed by atoms with Gasteiger partial charge < -0.3 is 24.6 Å². The molecule has 0 spiro atoms. The first-order chi connectivity index (χ1) is 11.7. The van der Waals surface area contributed by atoms with Crippen molar-refractivity contribution in [2.45, 2.75) is 25.8 Å². The summed E-state index contributed by atoms with van der Waals surface area (Å²) in [4.78, 5) is 27.2. The number of carbonyl (C=O) groups is 2. The summed E-state index contributed by atoms with van der Waals surface area (Å²) in [5, 5.41) is 12.4. The standard InChI is InChI=1S/C16H24N4O4/c1-2-24-16(22)20-5-3-14(4-6-20)18-12-13(11-17)15(21)19-7-9-23-10-8-19/h12,14,18H,2-10H2,1H3/b13-12-. The Kier molecular flexibility index (Phi) is 6.88. The van der Waals surface area contributed by atoms with Crippen molar-refractivity contribution in [3.63, 3.8) is 0 Å². The lowest BCUT2D eigenvalue weighted by molar-refractivity contribution is -0.130. The zero-order valence-electron chi connectivity index (χ0n) is 14.0. The minimum absolute atomic E-state index is 0.102. The Morgan fingerprint density at radius 3 is 2.50 bits per heavy atom. The molecule has 0 aromatic heterocycles. The highest BCUT2D eigenvalue weighted by atomic mass is 16.6. The van der Waals surface area contributed by atoms with Gasteiger partial charge >= 0.3 is 6.09 Å². The zero-order valence-corrected chi connectivity index (χ0v) is 14.0. The molecule has 2 amide bonds. The molecule has 0 radical (unpaired) electrons. The molecule has 0 atom stereocenters. The molecule has 2 rings (SSSR count). The predicted octanol–water partition coefficient (Wildman–Crippen LogP) is 0.463. The number of nitrogens with one attached hydrogen (secondary N) is 1. The first-order valence-corrected chi connectivity index (χ1v) is 8.30. The average Bonchev–Trinajstić information content (AvgIpc) is 2.63. The number of nitriles is 1. The van der Waals surface area contributed by atoms with Crippen molar-refractivity contribution in [1.29, 1.82) is 5.26 Å². The fourth-order valence-corrected chi connectivity index (χ4v) is 2.72. The van der Waals surface area contributed by atoms with Gasteiger partial charge in [-0.2, -0.15) is 5.26 Å². The van der Waals surface area contributed by atoms with Gasteiger partial charge in [0, 0.05) is 38.4 Å². The monoisotopic (exact) mass is 336 g/mol. The summed E-state index contributed by atoms with van der Waals surface area (Å²) >= 11 is 0. The molecule has 24 heavy (non-hydrogen) atoms. The maximum atomic E-state index is 12.3. The lowest BCUT2D eigenvalue weighted by Crippen LogP contribution is -2.44. The maximum absolute atomic E-state index is 12.3. The lowest BCUT2D eigenvalue weighted by atomic mass is 10.1. The van der Waals surface area contributed by atoms with Crippen molar-refractivity contribution < 1.29 is 19.1 Å². The van der Waals surface area contributed by atoms with Crippen molar-refractivity contribution in [3.05, 3.63) is 11.8 Å². The molecule has 0 unspecified atom stereocenters. The molecule has 2 fully saturated rings. The van der Waals surface area contributed by atoms with Crippen LogP contribution < -0.4 is 5.32 Å². The van der Waals surface area contributed by atoms with E-state index in [2.05, 4.69) is 5.32 Å². The minimum atomic E-state index is -0.285. The fraction of sp³-hybridized carbons (Fsp3) is 0.688. The van der Waals surface area contributed by atoms with Crippen LogP contribution in [0.4, 0.5) is 4.79 Å². The molecule has 1 N–H and O–H groups in total. The van der Waals surface area contributed by atoms with Gasteiger partial charge in [0.25, 0.3) is 5.91 Å². The first kappa shape index (κ1) is 18.1. The number of hydrogen-bond acceptors (Lipinski definition) is 6. The van der Waals surface area contributed by atoms with Gasteiger partial charge in [0.1, 0.15) is 11.6 Å². The molecule has 0 aliphatic carbocycles. The lowest BCUT2D eigenvalue weighted by Gasteiger charge is -2.31. The van der Waals surface area contributed by atoms with Crippen LogP contribution in [0, 0.1) is 11.3 Å². The van der Waals surface area contributed by atoms with Crippen LogP contribution in [0.3, 0.4) is 0 Å². The Morgan fingerprint density at radius 2 is 1.92 bits per heavy atom. The van der Waals surface area contributed by atoms with Crippen molar-refractivity contribution in [1.82, 2.24) is 15.1 Å². The number of ether oxygens (including phenoxy) is 2. The highest BCUT2D eigenvalue weighted by molar-refractivity contribution is 5.97. The third kappa shape index (κ3) is 4.86. The van der Waals surface area contributed by atoms with E-state index in [1.807, 2.05) is 6.07 Å². The van der Waals surface area contributed by atoms with Crippen LogP contribution in [0.2, 0.25) is 0 Å². The number of likely N-dealkylation sites (tertiary alicyclic amines) is 1. The number of morpholine rings is 1. The summed E-state index contributed by atoms with van der Waals surface area (Å²) < 4.78 is 10.2. The van der Waals surface area contributed by atoms with E-state index in [-0.39, 0.29) is 23.6 Å². The van der Waals surface area contributed by atoms with E-state index in [1.54, 1.807) is 16.7 Å². The molecular weight excluding hydrogens is 312 g/mol. The third-order valence-electron chi connectivity index (χ3n) is 4.13. The SMILES string of the molecule is CCOC(=O)N1CCC(N/C=C(/C#N)C(=O)N2CCOCC2)CC1. The smallest absolute Gasteiger partial charge is 0.409 e. The Balaban J connectivity index is 1.82. The van der Waals surface area contributed by atoms with Gasteiger partial charge in [-0.15, -0.1) is 0 Å². The van der Waals surface area contributed by atoms with Crippen molar-refractivity contribution in [2.75, 3.05) is 46.0 Å². The molecule has 2 heterocycles. The fourth-order valence-electron chi connectivity index (χ4n) is 2.72. The molecule has 8 heteroatoms. The van der Waals surface area contributed by atoms with E-state index >= 15 is 0 Å². The van der Waals surface area contributed by atoms with E-state index in [0.717, 1.165) is 12.8 Å². The average molecular weight is 336 g/mol. The quantitative estimate of drug-likeness (QED) is 0.592. The van der Waals surface area contributed by atoms with Gasteiger partial charge in [0.2, 0.25) is 0 Å². The second kappa shape index (κ2) is 9.13. The van der Waals surface area contributed by atoms with Gasteiger partial charge in [-0.3, -0.25) is 4.79 Å². The van der Waals surface area contributed by atoms with E-state index in [0.29, 0.717) is 46.0 Å². The number of hydrogen-bond donors (Lipinski definition) is 1. The van der Waals surface area contributed by atoms with Crippen molar-refractivity contribution in [3.8, 4) is 6.07 Å². The number of carbonyl (C=O) groups excluding carboxylic acids is 2. The highest BCUT2D eigenvalue weighted by Gasteiger charge is 2.24. The molecule has 8 nitrogen and oxygen atoms in total. The van der Waals surface area contributed by atoms with Gasteiger partial charge in [0.15, 0.2) is 0 Å². The molecule has 0 bridgehead atoms. The normalized spacial score (nSPS) is 19.6. The van der Waals surface area contributed by atoms with Crippen LogP contribution >= 0.6 is 0 Å². The van der Waals surface area contributed by atoms with Crippen molar-refractivity contribution in [2.24, 2.45) is 0 Å². The van der Waals surface area contributed by atoms with Crippen LogP contribution in [0.25, 0.3) is 0 Å². The van der Waals surface area contributed by atoms with E-state index in [9.17, 15) is 14.9 Å². The van der Waals surface area contributed by atoms with E-state index in [4.69, 9.17) is 9.47 Å². The predicted molar refractivity (Wildman–Crippen MR) is 85.8 cm³/mol. The second-order valence-electron chi connectivity index (χ2n) is 5.70. The Bertz CT molecular complexity index is 515. The molecule has 132 valence electrons. The summed E-state index contributed by atoms with van der Waals surface area (Å²) in [5.41, 5.74) is 0.102. The Labute approximate surface area is 142 Å². The molecule has 2 saturated heterocycles. The van der Waals surface area contributed by atoms with Gasteiger partial charge in [-0.25, -0.2) is 4.79 Å². The minimum Gasteiger partial charge on any atom is -0.450 e. The summed E-state index contributed by atoms with van der Waals surface area (Å²) in [6.07, 6.45) is 2.72. The topological polar surface area (TPSA) is 94.9 Å². The largest absolute Gasteiger partial charge is 0.450 e. The molecule has 2 aliphatic rings. The van der Waals surface area contributed by atoms with E-state index in [1.165, 1.54) is 6.20 Å². The van der Waals surface area contributed by atoms with Gasteiger partial charge in [-0.05, 0) is 19.8 Å². The molecule has 0 aromatic rings. The number of amides is 2. The number of rotatable bonds is 4. The summed E-state index contributed by atoms with van der Waals surface area (Å²) in [5.74, 6) is -0.266. The summed E-state index contributed by atoms with van der Waals surface area (Å²) in [6, 6.07) is 2.10. The number of piperidine rings is 1. The third-order valence-corrected chi connectivity index (χ3v) is 4.13. The molecule has 2 aliphatic heterocycles. The zero-order chi connectivity index (χ0) is 17.4. The molecular formula is C16H24N4O4. The summed E-state index contributed by atoms with van der Waals surface area (Å²) in [6.45, 7) is 5.38. The van der Waals surface area contributed by atoms with Crippen LogP contribution in [0.5, 0.6) is 0 Å². The van der Waals surface area contributed by atoms with Crippen LogP contribution in [-0.4, -0.2) is 73.8 Å². The van der Waals surface area contributed by atoms with Crippen LogP contribution in [0.15, 0.2) is 11.8 Å². The maximum Gasteiger partial charge on any atom is 0.409 e. The Morgan fingerprint density at radius 1 is 1.25 bits per heavy atom. The number of nitrogens with zero attached hydrogens (tertiary/aromatic N) is 3. The highest BCUT2D eigenvalue weighted by Crippen LogP contribution is 2.12.